The average Bonchev–Trinajstić information content (AvgIpc) is 3.30. The molecule has 0 aliphatic carbocycles. The number of amides is 1. The Morgan fingerprint density at radius 3 is 2.89 bits per heavy atom. The molecule has 0 saturated carbocycles. The first-order valence-electron chi connectivity index (χ1n) is 8.63. The number of anilines is 1. The molecule has 0 aliphatic heterocycles. The number of thiazole rings is 1. The first-order valence-corrected chi connectivity index (χ1v) is 10.7. The van der Waals surface area contributed by atoms with Gasteiger partial charge in [-0.3, -0.25) is 10.1 Å². The maximum atomic E-state index is 12.6. The molecule has 4 aromatic rings. The van der Waals surface area contributed by atoms with Gasteiger partial charge in [-0.15, -0.1) is 11.3 Å². The zero-order valence-electron chi connectivity index (χ0n) is 15.3. The highest BCUT2D eigenvalue weighted by atomic mass is 35.5. The lowest BCUT2D eigenvalue weighted by atomic mass is 10.2. The van der Waals surface area contributed by atoms with Gasteiger partial charge >= 0.3 is 0 Å². The van der Waals surface area contributed by atoms with E-state index >= 15 is 0 Å². The molecule has 1 N–H and O–H groups in total. The van der Waals surface area contributed by atoms with E-state index in [4.69, 9.17) is 16.3 Å². The second-order valence-corrected chi connectivity index (χ2v) is 8.79. The minimum Gasteiger partial charge on any atom is -0.487 e. The Labute approximate surface area is 175 Å². The molecule has 142 valence electrons. The minimum absolute atomic E-state index is 0.165. The third kappa shape index (κ3) is 4.04. The maximum absolute atomic E-state index is 12.6. The van der Waals surface area contributed by atoms with E-state index in [9.17, 15) is 4.79 Å². The van der Waals surface area contributed by atoms with Gasteiger partial charge in [0.2, 0.25) is 0 Å². The van der Waals surface area contributed by atoms with E-state index in [0.29, 0.717) is 27.4 Å². The smallest absolute Gasteiger partial charge is 0.267 e. The summed E-state index contributed by atoms with van der Waals surface area (Å²) in [4.78, 5) is 17.7. The van der Waals surface area contributed by atoms with Crippen LogP contribution in [0.3, 0.4) is 0 Å². The van der Waals surface area contributed by atoms with Gasteiger partial charge in [0, 0.05) is 5.56 Å². The molecule has 2 aromatic heterocycles. The molecule has 0 unspecified atom stereocenters. The maximum Gasteiger partial charge on any atom is 0.267 e. The van der Waals surface area contributed by atoms with Crippen molar-refractivity contribution in [2.45, 2.75) is 20.5 Å². The second-order valence-electron chi connectivity index (χ2n) is 6.44. The highest BCUT2D eigenvalue weighted by Crippen LogP contribution is 2.29. The van der Waals surface area contributed by atoms with Gasteiger partial charge < -0.3 is 4.74 Å². The van der Waals surface area contributed by atoms with Crippen LogP contribution >= 0.6 is 34.3 Å². The van der Waals surface area contributed by atoms with Gasteiger partial charge in [-0.2, -0.15) is 0 Å². The highest BCUT2D eigenvalue weighted by molar-refractivity contribution is 7.22. The van der Waals surface area contributed by atoms with Crippen molar-refractivity contribution in [1.29, 1.82) is 0 Å². The van der Waals surface area contributed by atoms with Crippen molar-refractivity contribution in [3.8, 4) is 5.75 Å². The molecule has 7 heteroatoms. The third-order valence-corrected chi connectivity index (χ3v) is 6.43. The normalized spacial score (nSPS) is 11.0. The number of aryl methyl sites for hydroxylation is 2. The summed E-state index contributed by atoms with van der Waals surface area (Å²) in [5, 5.41) is 5.99. The summed E-state index contributed by atoms with van der Waals surface area (Å²) >= 11 is 9.02. The zero-order chi connectivity index (χ0) is 19.7. The number of aromatic nitrogens is 1. The molecule has 4 rings (SSSR count). The van der Waals surface area contributed by atoms with Crippen LogP contribution in [0.2, 0.25) is 5.02 Å². The Kier molecular flexibility index (Phi) is 5.35. The summed E-state index contributed by atoms with van der Waals surface area (Å²) in [5.74, 6) is 0.477. The predicted molar refractivity (Wildman–Crippen MR) is 117 cm³/mol. The fourth-order valence-corrected chi connectivity index (χ4v) is 4.65. The summed E-state index contributed by atoms with van der Waals surface area (Å²) in [5.41, 5.74) is 4.03. The molecular weight excluding hydrogens is 412 g/mol. The van der Waals surface area contributed by atoms with Crippen molar-refractivity contribution in [3.63, 3.8) is 0 Å². The molecule has 1 amide bonds. The van der Waals surface area contributed by atoms with Crippen LogP contribution in [-0.4, -0.2) is 10.9 Å². The lowest BCUT2D eigenvalue weighted by Gasteiger charge is -2.07. The number of rotatable bonds is 5. The number of benzene rings is 2. The summed E-state index contributed by atoms with van der Waals surface area (Å²) in [6.45, 7) is 4.35. The Bertz CT molecular complexity index is 1170. The van der Waals surface area contributed by atoms with Crippen LogP contribution in [-0.2, 0) is 6.61 Å². The summed E-state index contributed by atoms with van der Waals surface area (Å²) in [6, 6.07) is 13.5. The largest absolute Gasteiger partial charge is 0.487 e. The van der Waals surface area contributed by atoms with Crippen molar-refractivity contribution in [2.24, 2.45) is 0 Å². The quantitative estimate of drug-likeness (QED) is 0.397. The lowest BCUT2D eigenvalue weighted by molar-refractivity contribution is 0.103. The molecular formula is C21H17ClN2O2S2. The van der Waals surface area contributed by atoms with Gasteiger partial charge in [0.25, 0.3) is 5.91 Å². The topological polar surface area (TPSA) is 51.2 Å². The number of fused-ring (bicyclic) bond motifs is 1. The standard InChI is InChI=1S/C21H17ClN2O2S2/c1-12-6-7-15(22)16(8-12)26-10-14-9-18(27-11-14)20(25)24-21-23-19-13(2)4-3-5-17(19)28-21/h3-9,11H,10H2,1-2H3,(H,23,24,25). The minimum atomic E-state index is -0.165. The van der Waals surface area contributed by atoms with Crippen molar-refractivity contribution in [3.05, 3.63) is 74.4 Å². The Balaban J connectivity index is 1.43. The fraction of sp³-hybridized carbons (Fsp3) is 0.143. The van der Waals surface area contributed by atoms with E-state index in [-0.39, 0.29) is 5.91 Å². The Morgan fingerprint density at radius 1 is 1.21 bits per heavy atom. The van der Waals surface area contributed by atoms with Crippen LogP contribution in [0.5, 0.6) is 5.75 Å². The van der Waals surface area contributed by atoms with E-state index < -0.39 is 0 Å². The van der Waals surface area contributed by atoms with E-state index in [1.807, 2.05) is 61.7 Å². The summed E-state index contributed by atoms with van der Waals surface area (Å²) in [6.07, 6.45) is 0. The van der Waals surface area contributed by atoms with E-state index in [1.54, 1.807) is 0 Å². The van der Waals surface area contributed by atoms with E-state index in [2.05, 4.69) is 10.3 Å². The molecule has 0 spiro atoms. The number of halogens is 1. The number of nitrogens with zero attached hydrogens (tertiary/aromatic N) is 1. The number of carbonyl (C=O) groups excluding carboxylic acids is 1. The SMILES string of the molecule is Cc1ccc(Cl)c(OCc2csc(C(=O)Nc3nc4c(C)cccc4s3)c2)c1. The number of hydrogen-bond acceptors (Lipinski definition) is 5. The van der Waals surface area contributed by atoms with Gasteiger partial charge in [-0.1, -0.05) is 41.1 Å². The van der Waals surface area contributed by atoms with Crippen molar-refractivity contribution < 1.29 is 9.53 Å². The Morgan fingerprint density at radius 2 is 2.07 bits per heavy atom. The monoisotopic (exact) mass is 428 g/mol. The van der Waals surface area contributed by atoms with Crippen molar-refractivity contribution in [1.82, 2.24) is 4.98 Å². The van der Waals surface area contributed by atoms with Crippen LogP contribution < -0.4 is 10.1 Å². The molecule has 0 fully saturated rings. The lowest BCUT2D eigenvalue weighted by Crippen LogP contribution is -2.09. The molecule has 4 nitrogen and oxygen atoms in total. The Hall–Kier alpha value is -2.41. The average molecular weight is 429 g/mol. The van der Waals surface area contributed by atoms with Crippen LogP contribution in [0.1, 0.15) is 26.4 Å². The van der Waals surface area contributed by atoms with Crippen molar-refractivity contribution >= 4 is 55.5 Å². The first-order chi connectivity index (χ1) is 13.5. The number of ether oxygens (including phenoxy) is 1. The van der Waals surface area contributed by atoms with Gasteiger partial charge in [-0.05, 0) is 54.6 Å². The molecule has 2 aromatic carbocycles. The van der Waals surface area contributed by atoms with Gasteiger partial charge in [0.1, 0.15) is 12.4 Å². The number of nitrogens with one attached hydrogen (secondary N) is 1. The predicted octanol–water partition coefficient (Wildman–Crippen LogP) is 6.46. The molecule has 2 heterocycles. The van der Waals surface area contributed by atoms with Gasteiger partial charge in [0.15, 0.2) is 5.13 Å². The van der Waals surface area contributed by atoms with Crippen LogP contribution in [0, 0.1) is 13.8 Å². The molecule has 0 bridgehead atoms. The summed E-state index contributed by atoms with van der Waals surface area (Å²) < 4.78 is 6.86. The van der Waals surface area contributed by atoms with E-state index in [0.717, 1.165) is 26.9 Å². The van der Waals surface area contributed by atoms with Crippen LogP contribution in [0.25, 0.3) is 10.2 Å². The van der Waals surface area contributed by atoms with Gasteiger partial charge in [0.05, 0.1) is 20.1 Å². The zero-order valence-corrected chi connectivity index (χ0v) is 17.7. The summed E-state index contributed by atoms with van der Waals surface area (Å²) in [7, 11) is 0. The van der Waals surface area contributed by atoms with E-state index in [1.165, 1.54) is 22.7 Å². The highest BCUT2D eigenvalue weighted by Gasteiger charge is 2.13. The van der Waals surface area contributed by atoms with Crippen LogP contribution in [0.15, 0.2) is 47.8 Å². The number of carbonyl (C=O) groups is 1. The number of hydrogen-bond donors (Lipinski definition) is 1. The second kappa shape index (κ2) is 7.91. The molecule has 0 radical (unpaired) electrons. The molecule has 0 saturated heterocycles. The molecule has 0 aliphatic rings. The third-order valence-electron chi connectivity index (χ3n) is 4.20. The first kappa shape index (κ1) is 18.9. The van der Waals surface area contributed by atoms with Crippen LogP contribution in [0.4, 0.5) is 5.13 Å². The molecule has 28 heavy (non-hydrogen) atoms. The van der Waals surface area contributed by atoms with Gasteiger partial charge in [-0.25, -0.2) is 4.98 Å². The number of thiophene rings is 1. The van der Waals surface area contributed by atoms with Crippen molar-refractivity contribution in [2.75, 3.05) is 5.32 Å². The molecule has 0 atom stereocenters. The fourth-order valence-electron chi connectivity index (χ4n) is 2.75. The number of para-hydroxylation sites is 1.